The van der Waals surface area contributed by atoms with Crippen LogP contribution in [0.5, 0.6) is 0 Å². The molecule has 0 aromatic heterocycles. The second-order valence-electron chi connectivity index (χ2n) is 11.4. The molecular formula is C38H38Y-2. The average molecular weight is 584 g/mol. The molecule has 0 fully saturated rings. The molecule has 0 heterocycles. The van der Waals surface area contributed by atoms with Gasteiger partial charge in [0.25, 0.3) is 0 Å². The molecule has 0 bridgehead atoms. The largest absolute Gasteiger partial charge is 0.116 e. The Morgan fingerprint density at radius 2 is 0.487 bits per heavy atom. The summed E-state index contributed by atoms with van der Waals surface area (Å²) in [4.78, 5) is 0. The summed E-state index contributed by atoms with van der Waals surface area (Å²) in [7, 11) is 0. The minimum atomic E-state index is 0. The van der Waals surface area contributed by atoms with Gasteiger partial charge in [0.05, 0.1) is 0 Å². The Morgan fingerprint density at radius 1 is 0.308 bits per heavy atom. The molecule has 6 aromatic carbocycles. The molecule has 0 aliphatic rings. The van der Waals surface area contributed by atoms with Crippen LogP contribution in [0.25, 0.3) is 43.1 Å². The van der Waals surface area contributed by atoms with Crippen LogP contribution >= 0.6 is 0 Å². The van der Waals surface area contributed by atoms with Gasteiger partial charge in [-0.05, 0) is 55.4 Å². The molecule has 195 valence electrons. The summed E-state index contributed by atoms with van der Waals surface area (Å²) in [5.74, 6) is 0. The third-order valence-electron chi connectivity index (χ3n) is 8.69. The maximum Gasteiger partial charge on any atom is 0 e. The number of rotatable bonds is 0. The summed E-state index contributed by atoms with van der Waals surface area (Å²) < 4.78 is 0. The maximum absolute atomic E-state index is 3.59. The van der Waals surface area contributed by atoms with Crippen molar-refractivity contribution in [3.05, 3.63) is 116 Å². The normalized spacial score (nSPS) is 11.1. The summed E-state index contributed by atoms with van der Waals surface area (Å²) in [6, 6.07) is 25.4. The van der Waals surface area contributed by atoms with Crippen LogP contribution in [-0.4, -0.2) is 0 Å². The van der Waals surface area contributed by atoms with Crippen LogP contribution in [0, 0.1) is 81.4 Å². The molecule has 0 saturated carbocycles. The third kappa shape index (κ3) is 5.44. The van der Waals surface area contributed by atoms with Crippen molar-refractivity contribution in [1.82, 2.24) is 0 Å². The van der Waals surface area contributed by atoms with E-state index in [1.54, 1.807) is 0 Å². The molecule has 0 saturated heterocycles. The molecule has 0 unspecified atom stereocenters. The molecule has 6 aromatic rings. The van der Waals surface area contributed by atoms with E-state index in [9.17, 15) is 0 Å². The molecule has 0 amide bonds. The first kappa shape index (κ1) is 29.4. The Kier molecular flexibility index (Phi) is 8.42. The summed E-state index contributed by atoms with van der Waals surface area (Å²) >= 11 is 0. The molecule has 0 aliphatic carbocycles. The predicted molar refractivity (Wildman–Crippen MR) is 168 cm³/mol. The van der Waals surface area contributed by atoms with Gasteiger partial charge in [-0.2, -0.15) is 0 Å². The van der Waals surface area contributed by atoms with Gasteiger partial charge in [0.2, 0.25) is 0 Å². The number of aryl methyl sites for hydroxylation is 10. The Bertz CT molecular complexity index is 1630. The van der Waals surface area contributed by atoms with Crippen molar-refractivity contribution >= 4 is 43.1 Å². The summed E-state index contributed by atoms with van der Waals surface area (Å²) in [5, 5.41) is 10.3. The van der Waals surface area contributed by atoms with E-state index in [1.165, 1.54) is 98.7 Å². The van der Waals surface area contributed by atoms with Crippen molar-refractivity contribution in [2.45, 2.75) is 69.2 Å². The Labute approximate surface area is 259 Å². The first-order chi connectivity index (χ1) is 17.9. The fourth-order valence-electron chi connectivity index (χ4n) is 5.50. The van der Waals surface area contributed by atoms with Crippen molar-refractivity contribution < 1.29 is 32.7 Å². The van der Waals surface area contributed by atoms with Gasteiger partial charge in [-0.15, -0.1) is 69.1 Å². The van der Waals surface area contributed by atoms with Gasteiger partial charge < -0.3 is 0 Å². The van der Waals surface area contributed by atoms with Gasteiger partial charge >= 0.3 is 0 Å². The Hall–Kier alpha value is -2.54. The fraction of sp³-hybridized carbons (Fsp3) is 0.263. The minimum Gasteiger partial charge on any atom is -0.116 e. The van der Waals surface area contributed by atoms with Crippen LogP contribution in [0.2, 0.25) is 0 Å². The molecule has 0 N–H and O–H groups in total. The zero-order valence-corrected chi connectivity index (χ0v) is 28.0. The van der Waals surface area contributed by atoms with E-state index in [1.807, 2.05) is 0 Å². The number of benzene rings is 6. The molecule has 0 nitrogen and oxygen atoms in total. The number of hydrogen-bond donors (Lipinski definition) is 0. The van der Waals surface area contributed by atoms with Gasteiger partial charge in [0, 0.05) is 32.7 Å². The van der Waals surface area contributed by atoms with Crippen LogP contribution < -0.4 is 0 Å². The van der Waals surface area contributed by atoms with Crippen molar-refractivity contribution in [3.63, 3.8) is 0 Å². The molecule has 1 heteroatoms. The van der Waals surface area contributed by atoms with Crippen LogP contribution in [0.15, 0.2) is 48.5 Å². The molecule has 0 aliphatic heterocycles. The zero-order valence-electron chi connectivity index (χ0n) is 25.2. The van der Waals surface area contributed by atoms with Crippen LogP contribution in [0.3, 0.4) is 0 Å². The van der Waals surface area contributed by atoms with E-state index in [0.717, 1.165) is 0 Å². The SMILES string of the molecule is Cc1cc2[c-]c3cc(C)c(C)cc3c(C)c2cc1C.Cc1cc2[c-]c3cc(C)c(C)cc3c(C)c2cc1C.[Y]. The van der Waals surface area contributed by atoms with E-state index in [-0.39, 0.29) is 32.7 Å². The average Bonchev–Trinajstić information content (AvgIpc) is 2.85. The van der Waals surface area contributed by atoms with Crippen LogP contribution in [0.4, 0.5) is 0 Å². The third-order valence-corrected chi connectivity index (χ3v) is 8.69. The molecule has 39 heavy (non-hydrogen) atoms. The molecule has 1 radical (unpaired) electrons. The number of fused-ring (bicyclic) bond motifs is 4. The second-order valence-corrected chi connectivity index (χ2v) is 11.4. The van der Waals surface area contributed by atoms with Crippen LogP contribution in [-0.2, 0) is 32.7 Å². The fourth-order valence-corrected chi connectivity index (χ4v) is 5.50. The monoisotopic (exact) mass is 583 g/mol. The van der Waals surface area contributed by atoms with Gasteiger partial charge in [-0.25, -0.2) is 0 Å². The van der Waals surface area contributed by atoms with E-state index in [4.69, 9.17) is 0 Å². The first-order valence-corrected chi connectivity index (χ1v) is 13.6. The van der Waals surface area contributed by atoms with Gasteiger partial charge in [0.1, 0.15) is 0 Å². The van der Waals surface area contributed by atoms with E-state index < -0.39 is 0 Å². The molecule has 0 spiro atoms. The minimum absolute atomic E-state index is 0. The van der Waals surface area contributed by atoms with Gasteiger partial charge in [0.15, 0.2) is 0 Å². The molecule has 0 atom stereocenters. The Morgan fingerprint density at radius 3 is 0.692 bits per heavy atom. The van der Waals surface area contributed by atoms with Gasteiger partial charge in [-0.1, -0.05) is 104 Å². The smallest absolute Gasteiger partial charge is 0 e. The van der Waals surface area contributed by atoms with Gasteiger partial charge in [-0.3, -0.25) is 0 Å². The van der Waals surface area contributed by atoms with E-state index >= 15 is 0 Å². The standard InChI is InChI=1S/2C19H19.Y/c2*1-11-6-16-10-17-7-12(2)14(4)9-19(17)15(5)18(16)8-13(11)3;/h2*6-9H,1-5H3;/q2*-1;. The second kappa shape index (κ2) is 11.2. The summed E-state index contributed by atoms with van der Waals surface area (Å²) in [6.07, 6.45) is 0. The number of hydrogen-bond acceptors (Lipinski definition) is 0. The van der Waals surface area contributed by atoms with E-state index in [0.29, 0.717) is 0 Å². The summed E-state index contributed by atoms with van der Waals surface area (Å²) in [5.41, 5.74) is 13.5. The van der Waals surface area contributed by atoms with E-state index in [2.05, 4.69) is 130 Å². The van der Waals surface area contributed by atoms with Crippen LogP contribution in [0.1, 0.15) is 55.6 Å². The van der Waals surface area contributed by atoms with Crippen molar-refractivity contribution in [2.75, 3.05) is 0 Å². The zero-order chi connectivity index (χ0) is 27.5. The maximum atomic E-state index is 3.59. The quantitative estimate of drug-likeness (QED) is 0.123. The predicted octanol–water partition coefficient (Wildman–Crippen LogP) is 10.7. The first-order valence-electron chi connectivity index (χ1n) is 13.6. The summed E-state index contributed by atoms with van der Waals surface area (Å²) in [6.45, 7) is 21.8. The van der Waals surface area contributed by atoms with Crippen molar-refractivity contribution in [2.24, 2.45) is 0 Å². The Balaban J connectivity index is 0.000000176. The molecular weight excluding hydrogens is 545 g/mol. The topological polar surface area (TPSA) is 0 Å². The molecule has 6 rings (SSSR count). The van der Waals surface area contributed by atoms with Crippen molar-refractivity contribution in [1.29, 1.82) is 0 Å². The van der Waals surface area contributed by atoms with Crippen molar-refractivity contribution in [3.8, 4) is 0 Å².